The van der Waals surface area contributed by atoms with Crippen molar-refractivity contribution in [3.63, 3.8) is 0 Å². The number of carbonyl (C=O) groups is 3. The number of hydrogen-bond donors (Lipinski definition) is 1. The van der Waals surface area contributed by atoms with Gasteiger partial charge in [0, 0.05) is 12.1 Å². The number of rotatable bonds is 5. The summed E-state index contributed by atoms with van der Waals surface area (Å²) in [5.41, 5.74) is 0.836. The van der Waals surface area contributed by atoms with E-state index in [0.717, 1.165) is 10.5 Å². The van der Waals surface area contributed by atoms with Crippen molar-refractivity contribution in [2.24, 2.45) is 11.8 Å². The van der Waals surface area contributed by atoms with Crippen molar-refractivity contribution in [1.82, 2.24) is 10.2 Å². The number of nitrogens with zero attached hydrogens (tertiary/aromatic N) is 1. The van der Waals surface area contributed by atoms with Gasteiger partial charge in [0.25, 0.3) is 0 Å². The molecule has 1 aromatic rings. The van der Waals surface area contributed by atoms with Gasteiger partial charge in [-0.2, -0.15) is 0 Å². The van der Waals surface area contributed by atoms with Crippen LogP contribution in [0.4, 0.5) is 0 Å². The maximum Gasteiger partial charge on any atom is 0.243 e. The van der Waals surface area contributed by atoms with Crippen molar-refractivity contribution in [3.8, 4) is 5.75 Å². The number of carbonyl (C=O) groups excluding carboxylic acids is 3. The van der Waals surface area contributed by atoms with Crippen LogP contribution in [0.2, 0.25) is 0 Å². The van der Waals surface area contributed by atoms with Crippen LogP contribution < -0.4 is 10.1 Å². The van der Waals surface area contributed by atoms with Crippen molar-refractivity contribution in [1.29, 1.82) is 0 Å². The van der Waals surface area contributed by atoms with Crippen molar-refractivity contribution < 1.29 is 19.1 Å². The number of methoxy groups -OCH3 is 1. The number of nitrogens with one attached hydrogen (secondary N) is 1. The molecule has 2 aliphatic rings. The highest BCUT2D eigenvalue weighted by molar-refractivity contribution is 6.08. The van der Waals surface area contributed by atoms with Crippen LogP contribution in [0.1, 0.15) is 25.3 Å². The summed E-state index contributed by atoms with van der Waals surface area (Å²) in [5, 5.41) is 2.79. The van der Waals surface area contributed by atoms with Crippen LogP contribution in [0.5, 0.6) is 5.75 Å². The Hall–Kier alpha value is -2.63. The second-order valence-electron chi connectivity index (χ2n) is 6.41. The molecule has 1 N–H and O–H groups in total. The number of likely N-dealkylation sites (tertiary alicyclic amines) is 1. The van der Waals surface area contributed by atoms with Crippen molar-refractivity contribution >= 4 is 17.7 Å². The zero-order valence-corrected chi connectivity index (χ0v) is 14.4. The summed E-state index contributed by atoms with van der Waals surface area (Å²) >= 11 is 0. The molecule has 1 aliphatic heterocycles. The third-order valence-corrected chi connectivity index (χ3v) is 4.95. The van der Waals surface area contributed by atoms with E-state index in [2.05, 4.69) is 5.32 Å². The van der Waals surface area contributed by atoms with Gasteiger partial charge in [-0.05, 0) is 25.8 Å². The molecule has 6 nitrogen and oxygen atoms in total. The normalized spacial score (nSPS) is 23.4. The Kier molecular flexibility index (Phi) is 4.88. The molecule has 1 saturated heterocycles. The molecule has 25 heavy (non-hydrogen) atoms. The van der Waals surface area contributed by atoms with Crippen molar-refractivity contribution in [2.45, 2.75) is 32.4 Å². The largest absolute Gasteiger partial charge is 0.496 e. The second kappa shape index (κ2) is 7.09. The van der Waals surface area contributed by atoms with Gasteiger partial charge < -0.3 is 10.1 Å². The molecule has 6 heteroatoms. The minimum absolute atomic E-state index is 0.237. The molecule has 3 amide bonds. The zero-order chi connectivity index (χ0) is 18.0. The number of hydrogen-bond acceptors (Lipinski definition) is 4. The molecular formula is C19H22N2O4. The highest BCUT2D eigenvalue weighted by atomic mass is 16.5. The lowest BCUT2D eigenvalue weighted by molar-refractivity contribution is -0.147. The summed E-state index contributed by atoms with van der Waals surface area (Å²) in [7, 11) is 1.57. The van der Waals surface area contributed by atoms with Crippen LogP contribution in [0.25, 0.3) is 0 Å². The fraction of sp³-hybridized carbons (Fsp3) is 0.421. The van der Waals surface area contributed by atoms with Crippen LogP contribution in [-0.2, 0) is 20.9 Å². The van der Waals surface area contributed by atoms with Gasteiger partial charge in [0.2, 0.25) is 17.7 Å². The molecule has 3 rings (SSSR count). The number of para-hydroxylation sites is 1. The fourth-order valence-corrected chi connectivity index (χ4v) is 3.50. The van der Waals surface area contributed by atoms with E-state index < -0.39 is 6.04 Å². The molecular weight excluding hydrogens is 320 g/mol. The van der Waals surface area contributed by atoms with E-state index in [1.807, 2.05) is 36.4 Å². The minimum Gasteiger partial charge on any atom is -0.496 e. The Morgan fingerprint density at radius 1 is 1.20 bits per heavy atom. The number of benzene rings is 1. The van der Waals surface area contributed by atoms with Gasteiger partial charge in [0.15, 0.2) is 0 Å². The molecule has 1 aromatic carbocycles. The first-order valence-corrected chi connectivity index (χ1v) is 8.46. The average Bonchev–Trinajstić information content (AvgIpc) is 2.90. The van der Waals surface area contributed by atoms with E-state index in [0.29, 0.717) is 18.6 Å². The molecule has 0 radical (unpaired) electrons. The standard InChI is InChI=1S/C19H22N2O4/c1-12(17(22)20-11-13-7-3-6-10-16(13)25-2)21-18(23)14-8-4-5-9-15(14)19(21)24/h3-7,10,12,14-15H,8-9,11H2,1-2H3,(H,20,22)/t12-,14-,15+/m0/s1. The average molecular weight is 342 g/mol. The molecule has 0 saturated carbocycles. The molecule has 0 bridgehead atoms. The van der Waals surface area contributed by atoms with Gasteiger partial charge in [0.05, 0.1) is 18.9 Å². The lowest BCUT2D eigenvalue weighted by Gasteiger charge is -2.22. The summed E-state index contributed by atoms with van der Waals surface area (Å²) in [6, 6.07) is 6.56. The predicted molar refractivity (Wildman–Crippen MR) is 91.5 cm³/mol. The molecule has 1 heterocycles. The molecule has 0 unspecified atom stereocenters. The van der Waals surface area contributed by atoms with Gasteiger partial charge in [0.1, 0.15) is 11.8 Å². The van der Waals surface area contributed by atoms with Crippen molar-refractivity contribution in [3.05, 3.63) is 42.0 Å². The number of fused-ring (bicyclic) bond motifs is 1. The number of amides is 3. The van der Waals surface area contributed by atoms with E-state index in [4.69, 9.17) is 4.74 Å². The second-order valence-corrected chi connectivity index (χ2v) is 6.41. The zero-order valence-electron chi connectivity index (χ0n) is 14.4. The van der Waals surface area contributed by atoms with Gasteiger partial charge >= 0.3 is 0 Å². The SMILES string of the molecule is COc1ccccc1CNC(=O)[C@H](C)N1C(=O)[C@H]2CC=CC[C@H]2C1=O. The van der Waals surface area contributed by atoms with E-state index in [1.165, 1.54) is 0 Å². The number of allylic oxidation sites excluding steroid dienone is 2. The van der Waals surface area contributed by atoms with E-state index in [-0.39, 0.29) is 36.1 Å². The lowest BCUT2D eigenvalue weighted by Crippen LogP contribution is -2.48. The molecule has 1 aliphatic carbocycles. The summed E-state index contributed by atoms with van der Waals surface area (Å²) in [4.78, 5) is 38.7. The van der Waals surface area contributed by atoms with Gasteiger partial charge in [-0.15, -0.1) is 0 Å². The third-order valence-electron chi connectivity index (χ3n) is 4.95. The highest BCUT2D eigenvalue weighted by Crippen LogP contribution is 2.36. The maximum absolute atomic E-state index is 12.5. The summed E-state index contributed by atoms with van der Waals surface area (Å²) in [5.74, 6) is -0.775. The van der Waals surface area contributed by atoms with Crippen LogP contribution in [0, 0.1) is 11.8 Å². The van der Waals surface area contributed by atoms with Crippen LogP contribution >= 0.6 is 0 Å². The predicted octanol–water partition coefficient (Wildman–Crippen LogP) is 1.65. The number of imide groups is 1. The summed E-state index contributed by atoms with van der Waals surface area (Å²) < 4.78 is 5.26. The minimum atomic E-state index is -0.819. The Bertz CT molecular complexity index is 702. The molecule has 1 fully saturated rings. The van der Waals surface area contributed by atoms with Crippen LogP contribution in [-0.4, -0.2) is 35.8 Å². The topological polar surface area (TPSA) is 75.7 Å². The van der Waals surface area contributed by atoms with Gasteiger partial charge in [-0.3, -0.25) is 19.3 Å². The van der Waals surface area contributed by atoms with Crippen LogP contribution in [0.15, 0.2) is 36.4 Å². The van der Waals surface area contributed by atoms with Gasteiger partial charge in [-0.1, -0.05) is 30.4 Å². The third kappa shape index (κ3) is 3.16. The monoisotopic (exact) mass is 342 g/mol. The summed E-state index contributed by atoms with van der Waals surface area (Å²) in [6.07, 6.45) is 5.01. The first-order valence-electron chi connectivity index (χ1n) is 8.46. The molecule has 0 aromatic heterocycles. The van der Waals surface area contributed by atoms with Crippen LogP contribution in [0.3, 0.4) is 0 Å². The van der Waals surface area contributed by atoms with E-state index >= 15 is 0 Å². The fourth-order valence-electron chi connectivity index (χ4n) is 3.50. The molecule has 132 valence electrons. The Morgan fingerprint density at radius 2 is 1.80 bits per heavy atom. The quantitative estimate of drug-likeness (QED) is 0.652. The van der Waals surface area contributed by atoms with E-state index in [9.17, 15) is 14.4 Å². The van der Waals surface area contributed by atoms with E-state index in [1.54, 1.807) is 14.0 Å². The summed E-state index contributed by atoms with van der Waals surface area (Å²) in [6.45, 7) is 1.87. The Morgan fingerprint density at radius 3 is 2.40 bits per heavy atom. The Balaban J connectivity index is 1.66. The maximum atomic E-state index is 12.5. The first-order chi connectivity index (χ1) is 12.0. The lowest BCUT2D eigenvalue weighted by atomic mass is 9.85. The highest BCUT2D eigenvalue weighted by Gasteiger charge is 2.50. The smallest absolute Gasteiger partial charge is 0.243 e. The van der Waals surface area contributed by atoms with Gasteiger partial charge in [-0.25, -0.2) is 0 Å². The number of ether oxygens (including phenoxy) is 1. The molecule has 0 spiro atoms. The Labute approximate surface area is 146 Å². The van der Waals surface area contributed by atoms with Crippen molar-refractivity contribution in [2.75, 3.05) is 7.11 Å². The molecule has 3 atom stereocenters. The first kappa shape index (κ1) is 17.2.